The van der Waals surface area contributed by atoms with E-state index < -0.39 is 17.9 Å². The molecule has 0 saturated carbocycles. The second-order valence-electron chi connectivity index (χ2n) is 3.93. The van der Waals surface area contributed by atoms with E-state index in [9.17, 15) is 9.59 Å². The number of pyridine rings is 1. The van der Waals surface area contributed by atoms with E-state index >= 15 is 0 Å². The van der Waals surface area contributed by atoms with Gasteiger partial charge >= 0.3 is 0 Å². The quantitative estimate of drug-likeness (QED) is 0.774. The Labute approximate surface area is 105 Å². The minimum absolute atomic E-state index is 0.143. The molecule has 0 radical (unpaired) electrons. The predicted octanol–water partition coefficient (Wildman–Crippen LogP) is 0.215. The molecule has 1 rings (SSSR count). The van der Waals surface area contributed by atoms with Crippen LogP contribution >= 0.6 is 0 Å². The number of nitrogens with two attached hydrogens (primary N) is 1. The fraction of sp³-hybridized carbons (Fsp3) is 0.333. The first-order chi connectivity index (χ1) is 8.56. The number of amides is 2. The van der Waals surface area contributed by atoms with E-state index in [1.807, 2.05) is 6.07 Å². The highest BCUT2D eigenvalue weighted by Crippen LogP contribution is 2.08. The van der Waals surface area contributed by atoms with Gasteiger partial charge in [0.05, 0.1) is 6.07 Å². The molecule has 0 aliphatic rings. The van der Waals surface area contributed by atoms with Crippen molar-refractivity contribution in [2.45, 2.75) is 19.4 Å². The van der Waals surface area contributed by atoms with Crippen molar-refractivity contribution in [3.05, 3.63) is 30.1 Å². The Morgan fingerprint density at radius 2 is 2.11 bits per heavy atom. The van der Waals surface area contributed by atoms with E-state index in [1.54, 1.807) is 6.92 Å². The van der Waals surface area contributed by atoms with E-state index in [2.05, 4.69) is 10.3 Å². The number of carbonyl (C=O) groups is 2. The van der Waals surface area contributed by atoms with Crippen molar-refractivity contribution in [3.8, 4) is 6.07 Å². The summed E-state index contributed by atoms with van der Waals surface area (Å²) in [6.45, 7) is 1.69. The number of hydrogen-bond acceptors (Lipinski definition) is 4. The van der Waals surface area contributed by atoms with Crippen molar-refractivity contribution in [2.75, 3.05) is 0 Å². The summed E-state index contributed by atoms with van der Waals surface area (Å²) in [5, 5.41) is 11.1. The lowest BCUT2D eigenvalue weighted by atomic mass is 9.98. The summed E-state index contributed by atoms with van der Waals surface area (Å²) in [5.41, 5.74) is 5.61. The monoisotopic (exact) mass is 246 g/mol. The number of primary amides is 1. The zero-order valence-electron chi connectivity index (χ0n) is 9.96. The summed E-state index contributed by atoms with van der Waals surface area (Å²) >= 11 is 0. The molecule has 2 atom stereocenters. The van der Waals surface area contributed by atoms with Gasteiger partial charge in [0.15, 0.2) is 0 Å². The molecule has 1 heterocycles. The minimum Gasteiger partial charge on any atom is -0.368 e. The first kappa shape index (κ1) is 13.6. The highest BCUT2D eigenvalue weighted by molar-refractivity contribution is 5.97. The van der Waals surface area contributed by atoms with E-state index in [4.69, 9.17) is 11.0 Å². The Morgan fingerprint density at radius 1 is 1.50 bits per heavy atom. The molecule has 0 aliphatic heterocycles. The normalized spacial score (nSPS) is 13.1. The van der Waals surface area contributed by atoms with Gasteiger partial charge in [-0.2, -0.15) is 5.26 Å². The van der Waals surface area contributed by atoms with E-state index in [0.717, 1.165) is 0 Å². The molecule has 0 aromatic carbocycles. The lowest BCUT2D eigenvalue weighted by Gasteiger charge is -2.20. The van der Waals surface area contributed by atoms with Crippen molar-refractivity contribution >= 4 is 11.8 Å². The molecule has 94 valence electrons. The van der Waals surface area contributed by atoms with E-state index in [-0.39, 0.29) is 12.3 Å². The first-order valence-corrected chi connectivity index (χ1v) is 5.43. The van der Waals surface area contributed by atoms with Crippen LogP contribution in [0.15, 0.2) is 24.5 Å². The molecule has 0 bridgehead atoms. The van der Waals surface area contributed by atoms with Crippen LogP contribution in [0.5, 0.6) is 0 Å². The smallest absolute Gasteiger partial charge is 0.252 e. The molecule has 6 nitrogen and oxygen atoms in total. The largest absolute Gasteiger partial charge is 0.368 e. The highest BCUT2D eigenvalue weighted by atomic mass is 16.2. The SMILES string of the molecule is C[C@H](CC#N)[C@H](NC(=O)c1ccncc1)C(N)=O. The van der Waals surface area contributed by atoms with Gasteiger partial charge in [-0.3, -0.25) is 14.6 Å². The van der Waals surface area contributed by atoms with Crippen LogP contribution in [0, 0.1) is 17.2 Å². The summed E-state index contributed by atoms with van der Waals surface area (Å²) < 4.78 is 0. The Bertz CT molecular complexity index is 467. The molecule has 1 aromatic rings. The maximum atomic E-state index is 11.8. The predicted molar refractivity (Wildman–Crippen MR) is 64.1 cm³/mol. The Balaban J connectivity index is 2.77. The molecular formula is C12H14N4O2. The van der Waals surface area contributed by atoms with Crippen LogP contribution in [0.1, 0.15) is 23.7 Å². The molecule has 0 saturated heterocycles. The average molecular weight is 246 g/mol. The fourth-order valence-electron chi connectivity index (χ4n) is 1.48. The van der Waals surface area contributed by atoms with Crippen molar-refractivity contribution < 1.29 is 9.59 Å². The van der Waals surface area contributed by atoms with Crippen molar-refractivity contribution in [2.24, 2.45) is 11.7 Å². The molecule has 1 aromatic heterocycles. The standard InChI is InChI=1S/C12H14N4O2/c1-8(2-5-13)10(11(14)17)16-12(18)9-3-6-15-7-4-9/h3-4,6-8,10H,2H2,1H3,(H2,14,17)(H,16,18)/t8-,10+/m1/s1. The van der Waals surface area contributed by atoms with Crippen LogP contribution in [-0.2, 0) is 4.79 Å². The van der Waals surface area contributed by atoms with Gasteiger partial charge < -0.3 is 11.1 Å². The van der Waals surface area contributed by atoms with Crippen molar-refractivity contribution in [1.29, 1.82) is 5.26 Å². The minimum atomic E-state index is -0.856. The van der Waals surface area contributed by atoms with Crippen LogP contribution in [0.2, 0.25) is 0 Å². The number of hydrogen-bond donors (Lipinski definition) is 2. The topological polar surface area (TPSA) is 109 Å². The first-order valence-electron chi connectivity index (χ1n) is 5.43. The summed E-state index contributed by atoms with van der Waals surface area (Å²) in [6.07, 6.45) is 3.10. The third-order valence-electron chi connectivity index (χ3n) is 2.52. The lowest BCUT2D eigenvalue weighted by Crippen LogP contribution is -2.48. The molecule has 0 spiro atoms. The molecule has 0 unspecified atom stereocenters. The highest BCUT2D eigenvalue weighted by Gasteiger charge is 2.24. The maximum Gasteiger partial charge on any atom is 0.252 e. The Kier molecular flexibility index (Phi) is 4.81. The average Bonchev–Trinajstić information content (AvgIpc) is 2.36. The molecule has 6 heteroatoms. The van der Waals surface area contributed by atoms with Crippen molar-refractivity contribution in [3.63, 3.8) is 0 Å². The summed E-state index contributed by atoms with van der Waals surface area (Å²) in [6, 6.07) is 4.15. The zero-order valence-corrected chi connectivity index (χ0v) is 9.96. The summed E-state index contributed by atoms with van der Waals surface area (Å²) in [4.78, 5) is 26.9. The van der Waals surface area contributed by atoms with Crippen LogP contribution in [0.4, 0.5) is 0 Å². The van der Waals surface area contributed by atoms with E-state index in [0.29, 0.717) is 5.56 Å². The van der Waals surface area contributed by atoms with Gasteiger partial charge in [0, 0.05) is 24.4 Å². The molecule has 0 aliphatic carbocycles. The van der Waals surface area contributed by atoms with Gasteiger partial charge in [0.25, 0.3) is 5.91 Å². The lowest BCUT2D eigenvalue weighted by molar-refractivity contribution is -0.120. The molecule has 3 N–H and O–H groups in total. The summed E-state index contributed by atoms with van der Waals surface area (Å²) in [7, 11) is 0. The third kappa shape index (κ3) is 3.56. The molecule has 0 fully saturated rings. The molecule has 2 amide bonds. The van der Waals surface area contributed by atoms with Gasteiger partial charge in [-0.25, -0.2) is 0 Å². The number of nitrogens with one attached hydrogen (secondary N) is 1. The van der Waals surface area contributed by atoms with E-state index in [1.165, 1.54) is 24.5 Å². The fourth-order valence-corrected chi connectivity index (χ4v) is 1.48. The Hall–Kier alpha value is -2.42. The number of nitriles is 1. The summed E-state index contributed by atoms with van der Waals surface area (Å²) in [5.74, 6) is -1.40. The van der Waals surface area contributed by atoms with Crippen molar-refractivity contribution in [1.82, 2.24) is 10.3 Å². The van der Waals surface area contributed by atoms with Gasteiger partial charge in [0.2, 0.25) is 5.91 Å². The van der Waals surface area contributed by atoms with Gasteiger partial charge in [0.1, 0.15) is 6.04 Å². The van der Waals surface area contributed by atoms with Gasteiger partial charge in [-0.1, -0.05) is 6.92 Å². The molecular weight excluding hydrogens is 232 g/mol. The second kappa shape index (κ2) is 6.35. The second-order valence-corrected chi connectivity index (χ2v) is 3.93. The van der Waals surface area contributed by atoms with Gasteiger partial charge in [-0.15, -0.1) is 0 Å². The van der Waals surface area contributed by atoms with Crippen LogP contribution in [0.25, 0.3) is 0 Å². The number of carbonyl (C=O) groups excluding carboxylic acids is 2. The zero-order chi connectivity index (χ0) is 13.5. The number of aromatic nitrogens is 1. The maximum absolute atomic E-state index is 11.8. The van der Waals surface area contributed by atoms with Crippen LogP contribution in [-0.4, -0.2) is 22.8 Å². The third-order valence-corrected chi connectivity index (χ3v) is 2.52. The number of rotatable bonds is 5. The van der Waals surface area contributed by atoms with Crippen LogP contribution < -0.4 is 11.1 Å². The van der Waals surface area contributed by atoms with Gasteiger partial charge in [-0.05, 0) is 18.1 Å². The molecule has 18 heavy (non-hydrogen) atoms. The Morgan fingerprint density at radius 3 is 2.61 bits per heavy atom. The number of nitrogens with zero attached hydrogens (tertiary/aromatic N) is 2. The van der Waals surface area contributed by atoms with Crippen LogP contribution in [0.3, 0.4) is 0 Å².